The Morgan fingerprint density at radius 2 is 2.30 bits per heavy atom. The number of aromatic nitrogens is 5. The number of aryl methyl sites for hydroxylation is 1. The van der Waals surface area contributed by atoms with Gasteiger partial charge in [-0.15, -0.1) is 5.10 Å². The first-order valence-corrected chi connectivity index (χ1v) is 5.74. The van der Waals surface area contributed by atoms with E-state index in [0.717, 1.165) is 4.68 Å². The number of carbonyl (C=O) groups is 2. The molecule has 2 aromatic heterocycles. The molecule has 0 radical (unpaired) electrons. The van der Waals surface area contributed by atoms with Gasteiger partial charge in [0.25, 0.3) is 5.91 Å². The molecule has 2 N–H and O–H groups in total. The van der Waals surface area contributed by atoms with Crippen molar-refractivity contribution in [1.29, 1.82) is 0 Å². The number of nitrogens with one attached hydrogen (secondary N) is 1. The van der Waals surface area contributed by atoms with Crippen LogP contribution in [0.3, 0.4) is 0 Å². The molecule has 106 valence electrons. The molecule has 0 saturated carbocycles. The van der Waals surface area contributed by atoms with Crippen LogP contribution in [0.25, 0.3) is 0 Å². The Hall–Kier alpha value is -2.78. The van der Waals surface area contributed by atoms with Gasteiger partial charge in [-0.3, -0.25) is 9.59 Å². The van der Waals surface area contributed by atoms with E-state index in [-0.39, 0.29) is 12.2 Å². The normalized spacial score (nSPS) is 10.4. The molecule has 2 rings (SSSR count). The molecule has 1 amide bonds. The maximum Gasteiger partial charge on any atom is 0.325 e. The van der Waals surface area contributed by atoms with Crippen molar-refractivity contribution in [1.82, 2.24) is 30.5 Å². The third-order valence-corrected chi connectivity index (χ3v) is 2.26. The molecule has 2 aromatic rings. The summed E-state index contributed by atoms with van der Waals surface area (Å²) in [6, 6.07) is 0. The number of amides is 1. The highest BCUT2D eigenvalue weighted by molar-refractivity contribution is 5.91. The summed E-state index contributed by atoms with van der Waals surface area (Å²) in [6.07, 6.45) is 1.66. The van der Waals surface area contributed by atoms with Gasteiger partial charge in [0.2, 0.25) is 5.89 Å². The van der Waals surface area contributed by atoms with Crippen LogP contribution in [0, 0.1) is 6.92 Å². The Bertz CT molecular complexity index is 619. The topological polar surface area (TPSA) is 136 Å². The highest BCUT2D eigenvalue weighted by Gasteiger charge is 2.12. The molecule has 0 aromatic carbocycles. The van der Waals surface area contributed by atoms with Crippen molar-refractivity contribution in [3.63, 3.8) is 0 Å². The molecule has 0 fully saturated rings. The molecule has 20 heavy (non-hydrogen) atoms. The molecular weight excluding hydrogens is 268 g/mol. The highest BCUT2D eigenvalue weighted by atomic mass is 16.5. The fourth-order valence-electron chi connectivity index (χ4n) is 1.43. The minimum atomic E-state index is -1.06. The third kappa shape index (κ3) is 3.60. The van der Waals surface area contributed by atoms with Crippen LogP contribution in [0.5, 0.6) is 0 Å². The summed E-state index contributed by atoms with van der Waals surface area (Å²) in [5.41, 5.74) is 0.0490. The SMILES string of the molecule is Cc1noc(CCNC(=O)c2cn(CC(=O)O)nn2)n1. The summed E-state index contributed by atoms with van der Waals surface area (Å²) in [6.45, 7) is 1.65. The highest BCUT2D eigenvalue weighted by Crippen LogP contribution is 1.97. The molecule has 0 atom stereocenters. The lowest BCUT2D eigenvalue weighted by Crippen LogP contribution is -2.26. The van der Waals surface area contributed by atoms with Crippen molar-refractivity contribution in [2.45, 2.75) is 19.9 Å². The number of rotatable bonds is 6. The van der Waals surface area contributed by atoms with E-state index in [9.17, 15) is 9.59 Å². The number of hydrogen-bond acceptors (Lipinski definition) is 7. The van der Waals surface area contributed by atoms with Crippen LogP contribution in [0.15, 0.2) is 10.7 Å². The van der Waals surface area contributed by atoms with Crippen molar-refractivity contribution in [2.75, 3.05) is 6.54 Å². The van der Waals surface area contributed by atoms with E-state index >= 15 is 0 Å². The van der Waals surface area contributed by atoms with Crippen LogP contribution in [0.1, 0.15) is 22.2 Å². The number of aliphatic carboxylic acids is 1. The number of carboxylic acid groups (broad SMARTS) is 1. The quantitative estimate of drug-likeness (QED) is 0.689. The molecule has 10 heteroatoms. The van der Waals surface area contributed by atoms with Gasteiger partial charge in [-0.1, -0.05) is 10.4 Å². The van der Waals surface area contributed by atoms with Gasteiger partial charge in [0, 0.05) is 13.0 Å². The molecular formula is C10H12N6O4. The minimum absolute atomic E-state index is 0.0490. The molecule has 0 aliphatic heterocycles. The Morgan fingerprint density at radius 1 is 1.50 bits per heavy atom. The number of hydrogen-bond donors (Lipinski definition) is 2. The fourth-order valence-corrected chi connectivity index (χ4v) is 1.43. The Morgan fingerprint density at radius 3 is 2.95 bits per heavy atom. The van der Waals surface area contributed by atoms with Crippen molar-refractivity contribution in [3.8, 4) is 0 Å². The summed E-state index contributed by atoms with van der Waals surface area (Å²) < 4.78 is 5.96. The molecule has 10 nitrogen and oxygen atoms in total. The van der Waals surface area contributed by atoms with Gasteiger partial charge in [0.05, 0.1) is 6.20 Å². The van der Waals surface area contributed by atoms with Gasteiger partial charge < -0.3 is 14.9 Å². The first-order chi connectivity index (χ1) is 9.54. The van der Waals surface area contributed by atoms with E-state index in [0.29, 0.717) is 24.7 Å². The van der Waals surface area contributed by atoms with Crippen molar-refractivity contribution >= 4 is 11.9 Å². The second-order valence-corrected chi connectivity index (χ2v) is 3.94. The van der Waals surface area contributed by atoms with Crippen LogP contribution in [0.2, 0.25) is 0 Å². The van der Waals surface area contributed by atoms with Crippen LogP contribution in [-0.4, -0.2) is 48.7 Å². The maximum absolute atomic E-state index is 11.7. The summed E-state index contributed by atoms with van der Waals surface area (Å²) >= 11 is 0. The van der Waals surface area contributed by atoms with Crippen LogP contribution < -0.4 is 5.32 Å². The summed E-state index contributed by atoms with van der Waals surface area (Å²) in [7, 11) is 0. The molecule has 0 spiro atoms. The van der Waals surface area contributed by atoms with E-state index < -0.39 is 11.9 Å². The second-order valence-electron chi connectivity index (χ2n) is 3.94. The van der Waals surface area contributed by atoms with Gasteiger partial charge in [0.15, 0.2) is 11.5 Å². The molecule has 0 aliphatic carbocycles. The molecule has 0 saturated heterocycles. The Labute approximate surface area is 112 Å². The van der Waals surface area contributed by atoms with Crippen molar-refractivity contribution in [3.05, 3.63) is 23.6 Å². The van der Waals surface area contributed by atoms with E-state index in [1.807, 2.05) is 0 Å². The van der Waals surface area contributed by atoms with E-state index in [1.54, 1.807) is 6.92 Å². The largest absolute Gasteiger partial charge is 0.480 e. The number of nitrogens with zero attached hydrogens (tertiary/aromatic N) is 5. The first-order valence-electron chi connectivity index (χ1n) is 5.74. The van der Waals surface area contributed by atoms with E-state index in [4.69, 9.17) is 9.63 Å². The van der Waals surface area contributed by atoms with E-state index in [1.165, 1.54) is 6.20 Å². The van der Waals surface area contributed by atoms with Crippen LogP contribution in [-0.2, 0) is 17.8 Å². The predicted molar refractivity (Wildman–Crippen MR) is 62.7 cm³/mol. The molecule has 0 unspecified atom stereocenters. The lowest BCUT2D eigenvalue weighted by atomic mass is 10.4. The average Bonchev–Trinajstić information content (AvgIpc) is 2.98. The number of carboxylic acids is 1. The first kappa shape index (κ1) is 13.6. The Kier molecular flexibility index (Phi) is 4.03. The van der Waals surface area contributed by atoms with Crippen LogP contribution >= 0.6 is 0 Å². The van der Waals surface area contributed by atoms with Gasteiger partial charge in [-0.2, -0.15) is 4.98 Å². The van der Waals surface area contributed by atoms with Gasteiger partial charge in [-0.05, 0) is 6.92 Å². The lowest BCUT2D eigenvalue weighted by Gasteiger charge is -1.99. The predicted octanol–water partition coefficient (Wildman–Crippen LogP) is -0.973. The molecule has 0 bridgehead atoms. The third-order valence-electron chi connectivity index (χ3n) is 2.26. The molecule has 0 aliphatic rings. The zero-order valence-electron chi connectivity index (χ0n) is 10.6. The fraction of sp³-hybridized carbons (Fsp3) is 0.400. The summed E-state index contributed by atoms with van der Waals surface area (Å²) in [4.78, 5) is 26.2. The number of carbonyl (C=O) groups excluding carboxylic acids is 1. The van der Waals surface area contributed by atoms with E-state index in [2.05, 4.69) is 25.8 Å². The Balaban J connectivity index is 1.82. The molecule has 2 heterocycles. The summed E-state index contributed by atoms with van der Waals surface area (Å²) in [5.74, 6) is -0.549. The van der Waals surface area contributed by atoms with Gasteiger partial charge in [-0.25, -0.2) is 4.68 Å². The standard InChI is InChI=1S/C10H12N6O4/c1-6-12-8(20-14-6)2-3-11-10(19)7-4-16(15-13-7)5-9(17)18/h4H,2-3,5H2,1H3,(H,11,19)(H,17,18). The zero-order chi connectivity index (χ0) is 14.5. The van der Waals surface area contributed by atoms with Crippen LogP contribution in [0.4, 0.5) is 0 Å². The smallest absolute Gasteiger partial charge is 0.325 e. The van der Waals surface area contributed by atoms with Gasteiger partial charge in [0.1, 0.15) is 6.54 Å². The monoisotopic (exact) mass is 280 g/mol. The maximum atomic E-state index is 11.7. The van der Waals surface area contributed by atoms with Crippen molar-refractivity contribution in [2.24, 2.45) is 0 Å². The second kappa shape index (κ2) is 5.91. The lowest BCUT2D eigenvalue weighted by molar-refractivity contribution is -0.137. The average molecular weight is 280 g/mol. The van der Waals surface area contributed by atoms with Crippen molar-refractivity contribution < 1.29 is 19.2 Å². The summed E-state index contributed by atoms with van der Waals surface area (Å²) in [5, 5.41) is 21.9. The van der Waals surface area contributed by atoms with Gasteiger partial charge >= 0.3 is 5.97 Å². The minimum Gasteiger partial charge on any atom is -0.480 e. The zero-order valence-corrected chi connectivity index (χ0v) is 10.6.